The highest BCUT2D eigenvalue weighted by Gasteiger charge is 2.14. The topological polar surface area (TPSA) is 45.2 Å². The van der Waals surface area contributed by atoms with E-state index in [2.05, 4.69) is 10.3 Å². The van der Waals surface area contributed by atoms with E-state index in [0.29, 0.717) is 11.4 Å². The molecule has 0 radical (unpaired) electrons. The van der Waals surface area contributed by atoms with Crippen LogP contribution >= 0.6 is 0 Å². The minimum atomic E-state index is -0.0780. The highest BCUT2D eigenvalue weighted by atomic mass is 16.2. The fourth-order valence-corrected chi connectivity index (χ4v) is 1.66. The molecule has 0 bridgehead atoms. The van der Waals surface area contributed by atoms with Crippen molar-refractivity contribution in [1.82, 2.24) is 4.98 Å². The zero-order valence-corrected chi connectivity index (χ0v) is 10.4. The lowest BCUT2D eigenvalue weighted by Gasteiger charge is -2.16. The van der Waals surface area contributed by atoms with Gasteiger partial charge in [0.1, 0.15) is 5.82 Å². The summed E-state index contributed by atoms with van der Waals surface area (Å²) in [5.41, 5.74) is 1.55. The quantitative estimate of drug-likeness (QED) is 0.897. The second-order valence-electron chi connectivity index (χ2n) is 3.88. The van der Waals surface area contributed by atoms with Crippen molar-refractivity contribution >= 4 is 17.4 Å². The number of nitrogens with one attached hydrogen (secondary N) is 1. The summed E-state index contributed by atoms with van der Waals surface area (Å²) in [5, 5.41) is 3.01. The van der Waals surface area contributed by atoms with Crippen LogP contribution in [0.15, 0.2) is 48.7 Å². The summed E-state index contributed by atoms with van der Waals surface area (Å²) in [6.45, 7) is 0. The van der Waals surface area contributed by atoms with Gasteiger partial charge in [0.15, 0.2) is 0 Å². The van der Waals surface area contributed by atoms with Crippen LogP contribution in [-0.2, 0) is 0 Å². The highest BCUT2D eigenvalue weighted by molar-refractivity contribution is 6.05. The van der Waals surface area contributed by atoms with Gasteiger partial charge in [-0.25, -0.2) is 4.98 Å². The van der Waals surface area contributed by atoms with Gasteiger partial charge in [0.25, 0.3) is 5.91 Å². The fourth-order valence-electron chi connectivity index (χ4n) is 1.66. The van der Waals surface area contributed by atoms with Gasteiger partial charge in [0, 0.05) is 31.5 Å². The second kappa shape index (κ2) is 5.31. The number of anilines is 2. The number of rotatable bonds is 3. The van der Waals surface area contributed by atoms with E-state index < -0.39 is 0 Å². The largest absolute Gasteiger partial charge is 0.388 e. The molecule has 0 spiro atoms. The van der Waals surface area contributed by atoms with Gasteiger partial charge in [0.05, 0.1) is 0 Å². The minimum absolute atomic E-state index is 0.0780. The zero-order valence-electron chi connectivity index (χ0n) is 10.4. The summed E-state index contributed by atoms with van der Waals surface area (Å²) in [7, 11) is 3.54. The third-order valence-electron chi connectivity index (χ3n) is 2.70. The normalized spacial score (nSPS) is 9.89. The number of amides is 1. The lowest BCUT2D eigenvalue weighted by Crippen LogP contribution is -2.26. The Kier molecular flexibility index (Phi) is 3.57. The van der Waals surface area contributed by atoms with Gasteiger partial charge in [-0.2, -0.15) is 0 Å². The number of carbonyl (C=O) groups excluding carboxylic acids is 1. The van der Waals surface area contributed by atoms with Crippen LogP contribution in [0.5, 0.6) is 0 Å². The van der Waals surface area contributed by atoms with E-state index in [4.69, 9.17) is 0 Å². The van der Waals surface area contributed by atoms with Crippen LogP contribution in [0.1, 0.15) is 10.4 Å². The molecule has 1 N–H and O–H groups in total. The molecule has 1 heterocycles. The fraction of sp³-hybridized carbons (Fsp3) is 0.143. The molecule has 0 atom stereocenters. The molecule has 0 aliphatic carbocycles. The van der Waals surface area contributed by atoms with Gasteiger partial charge in [-0.3, -0.25) is 9.69 Å². The number of aromatic nitrogens is 1. The van der Waals surface area contributed by atoms with Gasteiger partial charge in [-0.05, 0) is 30.3 Å². The maximum absolute atomic E-state index is 12.3. The van der Waals surface area contributed by atoms with E-state index in [1.807, 2.05) is 37.4 Å². The predicted octanol–water partition coefficient (Wildman–Crippen LogP) is 2.40. The molecule has 1 aromatic heterocycles. The summed E-state index contributed by atoms with van der Waals surface area (Å²) >= 11 is 0. The average molecular weight is 241 g/mol. The van der Waals surface area contributed by atoms with Gasteiger partial charge >= 0.3 is 0 Å². The lowest BCUT2D eigenvalue weighted by molar-refractivity contribution is 0.0992. The van der Waals surface area contributed by atoms with Crippen LogP contribution in [0, 0.1) is 0 Å². The molecule has 18 heavy (non-hydrogen) atoms. The molecule has 1 amide bonds. The van der Waals surface area contributed by atoms with Crippen molar-refractivity contribution in [2.24, 2.45) is 0 Å². The van der Waals surface area contributed by atoms with Gasteiger partial charge < -0.3 is 5.32 Å². The molecular weight excluding hydrogens is 226 g/mol. The first-order valence-corrected chi connectivity index (χ1v) is 5.69. The lowest BCUT2D eigenvalue weighted by atomic mass is 10.2. The van der Waals surface area contributed by atoms with Crippen molar-refractivity contribution in [3.8, 4) is 0 Å². The molecule has 0 saturated heterocycles. The molecule has 0 saturated carbocycles. The summed E-state index contributed by atoms with van der Waals surface area (Å²) < 4.78 is 0. The highest BCUT2D eigenvalue weighted by Crippen LogP contribution is 2.15. The third kappa shape index (κ3) is 2.48. The van der Waals surface area contributed by atoms with Crippen LogP contribution < -0.4 is 10.2 Å². The molecule has 0 unspecified atom stereocenters. The Bertz CT molecular complexity index is 540. The smallest absolute Gasteiger partial charge is 0.259 e. The monoisotopic (exact) mass is 241 g/mol. The Morgan fingerprint density at radius 1 is 1.22 bits per heavy atom. The summed E-state index contributed by atoms with van der Waals surface area (Å²) in [6.07, 6.45) is 1.67. The Balaban J connectivity index is 2.25. The minimum Gasteiger partial charge on any atom is -0.388 e. The standard InChI is InChI=1S/C14H15N3O/c1-15-12-7-5-6-11(10-12)14(18)17(2)13-8-3-4-9-16-13/h3-10,15H,1-2H3. The van der Waals surface area contributed by atoms with Crippen molar-refractivity contribution < 1.29 is 4.79 Å². The van der Waals surface area contributed by atoms with Crippen LogP contribution in [0.2, 0.25) is 0 Å². The maximum Gasteiger partial charge on any atom is 0.259 e. The SMILES string of the molecule is CNc1cccc(C(=O)N(C)c2ccccn2)c1. The average Bonchev–Trinajstić information content (AvgIpc) is 2.46. The summed E-state index contributed by atoms with van der Waals surface area (Å²) in [4.78, 5) is 18.0. The van der Waals surface area contributed by atoms with Crippen LogP contribution in [-0.4, -0.2) is 25.0 Å². The second-order valence-corrected chi connectivity index (χ2v) is 3.88. The summed E-state index contributed by atoms with van der Waals surface area (Å²) in [5.74, 6) is 0.558. The van der Waals surface area contributed by atoms with E-state index >= 15 is 0 Å². The van der Waals surface area contributed by atoms with Crippen molar-refractivity contribution in [2.45, 2.75) is 0 Å². The van der Waals surface area contributed by atoms with E-state index in [-0.39, 0.29) is 5.91 Å². The first-order chi connectivity index (χ1) is 8.72. The van der Waals surface area contributed by atoms with Crippen molar-refractivity contribution in [2.75, 3.05) is 24.3 Å². The molecule has 0 aliphatic heterocycles. The van der Waals surface area contributed by atoms with Crippen molar-refractivity contribution in [3.05, 3.63) is 54.2 Å². The Morgan fingerprint density at radius 3 is 2.72 bits per heavy atom. The van der Waals surface area contributed by atoms with E-state index in [9.17, 15) is 4.79 Å². The predicted molar refractivity (Wildman–Crippen MR) is 73.0 cm³/mol. The van der Waals surface area contributed by atoms with Crippen LogP contribution in [0.3, 0.4) is 0 Å². The Hall–Kier alpha value is -2.36. The summed E-state index contributed by atoms with van der Waals surface area (Å²) in [6, 6.07) is 12.9. The first kappa shape index (κ1) is 12.1. The number of nitrogens with zero attached hydrogens (tertiary/aromatic N) is 2. The first-order valence-electron chi connectivity index (χ1n) is 5.69. The van der Waals surface area contributed by atoms with E-state index in [1.165, 1.54) is 4.90 Å². The number of benzene rings is 1. The number of hydrogen-bond acceptors (Lipinski definition) is 3. The maximum atomic E-state index is 12.3. The molecule has 2 rings (SSSR count). The molecule has 1 aromatic carbocycles. The molecule has 4 nitrogen and oxygen atoms in total. The number of pyridine rings is 1. The molecule has 92 valence electrons. The molecule has 2 aromatic rings. The van der Waals surface area contributed by atoms with Crippen molar-refractivity contribution in [3.63, 3.8) is 0 Å². The molecule has 0 aliphatic rings. The Labute approximate surface area is 106 Å². The molecular formula is C14H15N3O. The molecule has 0 fully saturated rings. The Morgan fingerprint density at radius 2 is 2.06 bits per heavy atom. The number of carbonyl (C=O) groups is 1. The molecule has 4 heteroatoms. The van der Waals surface area contributed by atoms with E-state index in [1.54, 1.807) is 25.4 Å². The van der Waals surface area contributed by atoms with Gasteiger partial charge in [-0.1, -0.05) is 12.1 Å². The third-order valence-corrected chi connectivity index (χ3v) is 2.70. The zero-order chi connectivity index (χ0) is 13.0. The van der Waals surface area contributed by atoms with Crippen molar-refractivity contribution in [1.29, 1.82) is 0 Å². The van der Waals surface area contributed by atoms with Gasteiger partial charge in [-0.15, -0.1) is 0 Å². The van der Waals surface area contributed by atoms with Crippen LogP contribution in [0.4, 0.5) is 11.5 Å². The van der Waals surface area contributed by atoms with Gasteiger partial charge in [0.2, 0.25) is 0 Å². The van der Waals surface area contributed by atoms with Crippen LogP contribution in [0.25, 0.3) is 0 Å². The van der Waals surface area contributed by atoms with E-state index in [0.717, 1.165) is 5.69 Å². The number of hydrogen-bond donors (Lipinski definition) is 1.